The van der Waals surface area contributed by atoms with Gasteiger partial charge in [0.05, 0.1) is 0 Å². The van der Waals surface area contributed by atoms with Gasteiger partial charge >= 0.3 is 6.09 Å². The molecular formula is C14H23NO3. The van der Waals surface area contributed by atoms with Crippen LogP contribution >= 0.6 is 0 Å². The quantitative estimate of drug-likeness (QED) is 0.779. The molecule has 0 aromatic rings. The van der Waals surface area contributed by atoms with Gasteiger partial charge in [0, 0.05) is 24.1 Å². The zero-order valence-electron chi connectivity index (χ0n) is 11.5. The summed E-state index contributed by atoms with van der Waals surface area (Å²) in [5.74, 6) is 0.380. The number of carbonyl (C=O) groups is 1. The molecule has 3 rings (SSSR count). The summed E-state index contributed by atoms with van der Waals surface area (Å²) in [7, 11) is 0. The Kier molecular flexibility index (Phi) is 2.47. The lowest BCUT2D eigenvalue weighted by Crippen LogP contribution is -2.76. The second-order valence-corrected chi connectivity index (χ2v) is 7.18. The third-order valence-electron chi connectivity index (χ3n) is 4.97. The summed E-state index contributed by atoms with van der Waals surface area (Å²) in [5, 5.41) is 9.33. The Morgan fingerprint density at radius 3 is 2.67 bits per heavy atom. The molecule has 1 aliphatic heterocycles. The van der Waals surface area contributed by atoms with E-state index in [1.807, 2.05) is 25.7 Å². The fourth-order valence-electron chi connectivity index (χ4n) is 4.23. The van der Waals surface area contributed by atoms with E-state index in [1.165, 1.54) is 6.42 Å². The molecule has 1 amide bonds. The van der Waals surface area contributed by atoms with E-state index in [-0.39, 0.29) is 12.7 Å². The van der Waals surface area contributed by atoms with Crippen LogP contribution in [0, 0.1) is 11.3 Å². The van der Waals surface area contributed by atoms with Crippen LogP contribution in [0.4, 0.5) is 4.79 Å². The molecule has 4 heteroatoms. The molecule has 0 radical (unpaired) electrons. The maximum Gasteiger partial charge on any atom is 0.410 e. The van der Waals surface area contributed by atoms with Gasteiger partial charge in [0.2, 0.25) is 0 Å². The van der Waals surface area contributed by atoms with Gasteiger partial charge in [-0.2, -0.15) is 0 Å². The van der Waals surface area contributed by atoms with Gasteiger partial charge in [0.15, 0.2) is 0 Å². The zero-order chi connectivity index (χ0) is 13.1. The molecule has 0 aromatic heterocycles. The highest BCUT2D eigenvalue weighted by molar-refractivity contribution is 5.71. The number of hydrogen-bond donors (Lipinski definition) is 1. The van der Waals surface area contributed by atoms with Gasteiger partial charge in [-0.05, 0) is 52.4 Å². The van der Waals surface area contributed by atoms with Crippen LogP contribution in [-0.4, -0.2) is 40.4 Å². The number of nitrogens with zero attached hydrogens (tertiary/aromatic N) is 1. The fraction of sp³-hybridized carbons (Fsp3) is 0.929. The topological polar surface area (TPSA) is 49.8 Å². The van der Waals surface area contributed by atoms with Gasteiger partial charge in [0.25, 0.3) is 0 Å². The summed E-state index contributed by atoms with van der Waals surface area (Å²) in [4.78, 5) is 14.2. The Morgan fingerprint density at radius 2 is 2.17 bits per heavy atom. The van der Waals surface area contributed by atoms with Crippen molar-refractivity contribution in [3.63, 3.8) is 0 Å². The molecule has 2 unspecified atom stereocenters. The molecule has 4 atom stereocenters. The molecule has 2 saturated carbocycles. The van der Waals surface area contributed by atoms with Gasteiger partial charge in [-0.25, -0.2) is 4.79 Å². The Hall–Kier alpha value is -0.770. The number of amides is 1. The summed E-state index contributed by atoms with van der Waals surface area (Å²) < 4.78 is 5.49. The van der Waals surface area contributed by atoms with Crippen LogP contribution in [0.1, 0.15) is 46.5 Å². The first-order valence-electron chi connectivity index (χ1n) is 6.99. The minimum Gasteiger partial charge on any atom is -0.444 e. The lowest BCUT2D eigenvalue weighted by molar-refractivity contribution is -0.175. The Labute approximate surface area is 108 Å². The molecule has 1 spiro atoms. The molecule has 4 nitrogen and oxygen atoms in total. The molecular weight excluding hydrogens is 230 g/mol. The maximum absolute atomic E-state index is 12.2. The Bertz CT molecular complexity index is 376. The smallest absolute Gasteiger partial charge is 0.410 e. The molecule has 102 valence electrons. The van der Waals surface area contributed by atoms with Gasteiger partial charge in [-0.15, -0.1) is 0 Å². The van der Waals surface area contributed by atoms with Crippen molar-refractivity contribution >= 4 is 6.09 Å². The van der Waals surface area contributed by atoms with Crippen LogP contribution in [0.5, 0.6) is 0 Å². The van der Waals surface area contributed by atoms with Gasteiger partial charge in [-0.3, -0.25) is 0 Å². The number of aliphatic hydroxyl groups excluding tert-OH is 1. The van der Waals surface area contributed by atoms with Crippen molar-refractivity contribution < 1.29 is 14.6 Å². The fourth-order valence-corrected chi connectivity index (χ4v) is 4.23. The molecule has 1 saturated heterocycles. The molecule has 0 aromatic carbocycles. The summed E-state index contributed by atoms with van der Waals surface area (Å²) in [6, 6.07) is 0.706. The van der Waals surface area contributed by atoms with Crippen molar-refractivity contribution in [1.82, 2.24) is 4.90 Å². The van der Waals surface area contributed by atoms with Crippen molar-refractivity contribution in [2.24, 2.45) is 11.3 Å². The lowest BCUT2D eigenvalue weighted by Gasteiger charge is -2.67. The predicted octanol–water partition coefficient (Wildman–Crippen LogP) is 2.16. The second kappa shape index (κ2) is 3.62. The third kappa shape index (κ3) is 1.51. The standard InChI is InChI=1S/C14H23NO3/c1-13(2,3)18-12(17)15-10-4-5-14(10)7-9(8-16)6-11(14)15/h9-11,16H,4-8H2,1-3H3/t9?,10-,11-,14?/m0/s1. The molecule has 2 aliphatic carbocycles. The highest BCUT2D eigenvalue weighted by atomic mass is 16.6. The van der Waals surface area contributed by atoms with Crippen LogP contribution in [0.2, 0.25) is 0 Å². The number of piperidine rings is 1. The first-order chi connectivity index (χ1) is 8.37. The van der Waals surface area contributed by atoms with E-state index in [2.05, 4.69) is 0 Å². The van der Waals surface area contributed by atoms with E-state index in [9.17, 15) is 9.90 Å². The average Bonchev–Trinajstić information content (AvgIpc) is 2.60. The van der Waals surface area contributed by atoms with Crippen molar-refractivity contribution in [1.29, 1.82) is 0 Å². The number of hydrogen-bond acceptors (Lipinski definition) is 3. The summed E-state index contributed by atoms with van der Waals surface area (Å²) in [6.07, 6.45) is 4.21. The Morgan fingerprint density at radius 1 is 1.44 bits per heavy atom. The van der Waals surface area contributed by atoms with Crippen molar-refractivity contribution in [2.75, 3.05) is 6.61 Å². The SMILES string of the molecule is CC(C)(C)OC(=O)N1[C@H]2CCC23CC(CO)C[C@H]13. The maximum atomic E-state index is 12.2. The molecule has 3 fully saturated rings. The highest BCUT2D eigenvalue weighted by Gasteiger charge is 2.70. The van der Waals surface area contributed by atoms with Crippen LogP contribution in [0.3, 0.4) is 0 Å². The molecule has 3 aliphatic rings. The Balaban J connectivity index is 1.71. The molecule has 18 heavy (non-hydrogen) atoms. The predicted molar refractivity (Wildman–Crippen MR) is 67.1 cm³/mol. The zero-order valence-corrected chi connectivity index (χ0v) is 11.5. The highest BCUT2D eigenvalue weighted by Crippen LogP contribution is 2.66. The summed E-state index contributed by atoms with van der Waals surface area (Å²) in [5.41, 5.74) is -0.0850. The van der Waals surface area contributed by atoms with E-state index in [0.717, 1.165) is 19.3 Å². The van der Waals surface area contributed by atoms with Gasteiger partial charge < -0.3 is 14.7 Å². The largest absolute Gasteiger partial charge is 0.444 e. The first-order valence-corrected chi connectivity index (χ1v) is 6.99. The molecule has 1 heterocycles. The molecule has 1 N–H and O–H groups in total. The van der Waals surface area contributed by atoms with Gasteiger partial charge in [-0.1, -0.05) is 0 Å². The van der Waals surface area contributed by atoms with Crippen LogP contribution in [0.25, 0.3) is 0 Å². The average molecular weight is 253 g/mol. The monoisotopic (exact) mass is 253 g/mol. The number of ether oxygens (including phenoxy) is 1. The van der Waals surface area contributed by atoms with Crippen molar-refractivity contribution in [3.8, 4) is 0 Å². The second-order valence-electron chi connectivity index (χ2n) is 7.18. The minimum atomic E-state index is -0.423. The van der Waals surface area contributed by atoms with Gasteiger partial charge in [0.1, 0.15) is 5.60 Å². The normalized spacial score (nSPS) is 41.6. The van der Waals surface area contributed by atoms with Crippen LogP contribution in [-0.2, 0) is 4.74 Å². The summed E-state index contributed by atoms with van der Waals surface area (Å²) in [6.45, 7) is 5.98. The number of likely N-dealkylation sites (tertiary alicyclic amines) is 1. The number of aliphatic hydroxyl groups is 1. The van der Waals surface area contributed by atoms with Crippen LogP contribution in [0.15, 0.2) is 0 Å². The third-order valence-corrected chi connectivity index (χ3v) is 4.97. The number of rotatable bonds is 1. The van der Waals surface area contributed by atoms with Crippen molar-refractivity contribution in [2.45, 2.75) is 64.1 Å². The molecule has 0 bridgehead atoms. The van der Waals surface area contributed by atoms with Crippen molar-refractivity contribution in [3.05, 3.63) is 0 Å². The number of carbonyl (C=O) groups excluding carboxylic acids is 1. The van der Waals surface area contributed by atoms with Crippen LogP contribution < -0.4 is 0 Å². The van der Waals surface area contributed by atoms with E-state index < -0.39 is 5.60 Å². The van der Waals surface area contributed by atoms with E-state index in [0.29, 0.717) is 23.4 Å². The summed E-state index contributed by atoms with van der Waals surface area (Å²) >= 11 is 0. The van der Waals surface area contributed by atoms with E-state index >= 15 is 0 Å². The lowest BCUT2D eigenvalue weighted by atomic mass is 9.53. The first kappa shape index (κ1) is 12.3. The minimum absolute atomic E-state index is 0.161. The van der Waals surface area contributed by atoms with E-state index in [4.69, 9.17) is 4.74 Å². The van der Waals surface area contributed by atoms with E-state index in [1.54, 1.807) is 0 Å².